The lowest BCUT2D eigenvalue weighted by Gasteiger charge is -2.09. The zero-order valence-electron chi connectivity index (χ0n) is 12.0. The van der Waals surface area contributed by atoms with Crippen molar-refractivity contribution in [1.29, 1.82) is 0 Å². The molecular formula is C16H17IN2O2. The lowest BCUT2D eigenvalue weighted by atomic mass is 10.2. The van der Waals surface area contributed by atoms with Crippen LogP contribution < -0.4 is 10.1 Å². The summed E-state index contributed by atoms with van der Waals surface area (Å²) in [7, 11) is 0. The van der Waals surface area contributed by atoms with E-state index >= 15 is 0 Å². The minimum Gasteiger partial charge on any atom is -0.494 e. The predicted octanol–water partition coefficient (Wildman–Crippen LogP) is 4.04. The van der Waals surface area contributed by atoms with Gasteiger partial charge in [-0.25, -0.2) is 4.98 Å². The van der Waals surface area contributed by atoms with Crippen LogP contribution in [0.5, 0.6) is 5.75 Å². The lowest BCUT2D eigenvalue weighted by molar-refractivity contribution is 0.102. The molecule has 0 saturated heterocycles. The molecule has 0 unspecified atom stereocenters. The van der Waals surface area contributed by atoms with E-state index in [2.05, 4.69) is 32.9 Å². The maximum atomic E-state index is 12.3. The van der Waals surface area contributed by atoms with Crippen molar-refractivity contribution in [3.63, 3.8) is 0 Å². The van der Waals surface area contributed by atoms with Crippen LogP contribution in [0.2, 0.25) is 0 Å². The highest BCUT2D eigenvalue weighted by molar-refractivity contribution is 14.1. The number of halogens is 1. The summed E-state index contributed by atoms with van der Waals surface area (Å²) in [5.74, 6) is 1.10. The number of carbonyl (C=O) groups excluding carboxylic acids is 1. The van der Waals surface area contributed by atoms with Gasteiger partial charge in [0, 0.05) is 15.3 Å². The molecule has 110 valence electrons. The van der Waals surface area contributed by atoms with Crippen LogP contribution in [0.15, 0.2) is 36.5 Å². The summed E-state index contributed by atoms with van der Waals surface area (Å²) in [6.45, 7) is 4.61. The van der Waals surface area contributed by atoms with E-state index in [0.29, 0.717) is 23.7 Å². The zero-order valence-corrected chi connectivity index (χ0v) is 14.2. The Balaban J connectivity index is 2.12. The van der Waals surface area contributed by atoms with E-state index in [1.54, 1.807) is 18.3 Å². The van der Waals surface area contributed by atoms with E-state index in [0.717, 1.165) is 15.6 Å². The first kappa shape index (κ1) is 15.8. The van der Waals surface area contributed by atoms with Gasteiger partial charge in [-0.3, -0.25) is 4.79 Å². The molecule has 1 N–H and O–H groups in total. The van der Waals surface area contributed by atoms with E-state index in [4.69, 9.17) is 4.74 Å². The monoisotopic (exact) mass is 396 g/mol. The highest BCUT2D eigenvalue weighted by Crippen LogP contribution is 2.17. The molecule has 1 heterocycles. The Morgan fingerprint density at radius 1 is 1.38 bits per heavy atom. The molecule has 4 nitrogen and oxygen atoms in total. The Hall–Kier alpha value is -1.63. The van der Waals surface area contributed by atoms with Crippen molar-refractivity contribution in [2.24, 2.45) is 0 Å². The largest absolute Gasteiger partial charge is 0.494 e. The van der Waals surface area contributed by atoms with E-state index in [9.17, 15) is 4.79 Å². The summed E-state index contributed by atoms with van der Waals surface area (Å²) in [6.07, 6.45) is 2.66. The Morgan fingerprint density at radius 3 is 2.90 bits per heavy atom. The number of amides is 1. The molecule has 21 heavy (non-hydrogen) atoms. The van der Waals surface area contributed by atoms with Crippen LogP contribution in [0.3, 0.4) is 0 Å². The fraction of sp³-hybridized carbons (Fsp3) is 0.250. The highest BCUT2D eigenvalue weighted by Gasteiger charge is 2.10. The molecule has 2 aromatic rings. The maximum Gasteiger partial charge on any atom is 0.256 e. The van der Waals surface area contributed by atoms with Crippen LogP contribution in [0.1, 0.15) is 29.3 Å². The Morgan fingerprint density at radius 2 is 2.19 bits per heavy atom. The Labute approximate surface area is 138 Å². The molecule has 0 spiro atoms. The molecule has 0 aliphatic heterocycles. The van der Waals surface area contributed by atoms with Crippen molar-refractivity contribution in [1.82, 2.24) is 4.98 Å². The van der Waals surface area contributed by atoms with Gasteiger partial charge < -0.3 is 10.1 Å². The molecule has 1 aromatic heterocycles. The van der Waals surface area contributed by atoms with E-state index < -0.39 is 0 Å². The van der Waals surface area contributed by atoms with Crippen molar-refractivity contribution in [3.8, 4) is 5.75 Å². The minimum atomic E-state index is -0.186. The Kier molecular flexibility index (Phi) is 5.55. The SMILES string of the molecule is CCCOc1cccc(C(=O)Nc2ncc(I)cc2C)c1. The smallest absolute Gasteiger partial charge is 0.256 e. The van der Waals surface area contributed by atoms with Gasteiger partial charge in [0.1, 0.15) is 11.6 Å². The second-order valence-electron chi connectivity index (χ2n) is 4.65. The number of benzene rings is 1. The molecular weight excluding hydrogens is 379 g/mol. The zero-order chi connectivity index (χ0) is 15.2. The van der Waals surface area contributed by atoms with Crippen LogP contribution >= 0.6 is 22.6 Å². The van der Waals surface area contributed by atoms with Gasteiger partial charge in [0.15, 0.2) is 0 Å². The average Bonchev–Trinajstić information content (AvgIpc) is 2.48. The molecule has 0 saturated carbocycles. The first-order valence-electron chi connectivity index (χ1n) is 6.76. The summed E-state index contributed by atoms with van der Waals surface area (Å²) in [5.41, 5.74) is 1.50. The van der Waals surface area contributed by atoms with E-state index in [-0.39, 0.29) is 5.91 Å². The van der Waals surface area contributed by atoms with Crippen LogP contribution in [-0.2, 0) is 0 Å². The number of aromatic nitrogens is 1. The summed E-state index contributed by atoms with van der Waals surface area (Å²) < 4.78 is 6.58. The van der Waals surface area contributed by atoms with Gasteiger partial charge >= 0.3 is 0 Å². The minimum absolute atomic E-state index is 0.186. The third kappa shape index (κ3) is 4.42. The molecule has 1 amide bonds. The Bertz CT molecular complexity index is 644. The summed E-state index contributed by atoms with van der Waals surface area (Å²) in [5, 5.41) is 2.83. The number of carbonyl (C=O) groups is 1. The molecule has 2 rings (SSSR count). The number of rotatable bonds is 5. The maximum absolute atomic E-state index is 12.3. The first-order chi connectivity index (χ1) is 10.1. The van der Waals surface area contributed by atoms with Gasteiger partial charge in [-0.05, 0) is 65.8 Å². The standard InChI is InChI=1S/C16H17IN2O2/c1-3-7-21-14-6-4-5-12(9-14)16(20)19-15-11(2)8-13(17)10-18-15/h4-6,8-10H,3,7H2,1-2H3,(H,18,19,20). The van der Waals surface area contributed by atoms with Crippen LogP contribution in [0, 0.1) is 10.5 Å². The number of anilines is 1. The molecule has 0 aliphatic rings. The molecule has 0 bridgehead atoms. The summed E-state index contributed by atoms with van der Waals surface area (Å²) >= 11 is 2.19. The quantitative estimate of drug-likeness (QED) is 0.777. The van der Waals surface area contributed by atoms with Crippen LogP contribution in [0.4, 0.5) is 5.82 Å². The molecule has 0 aliphatic carbocycles. The molecule has 1 aromatic carbocycles. The van der Waals surface area contributed by atoms with Crippen LogP contribution in [0.25, 0.3) is 0 Å². The number of aryl methyl sites for hydroxylation is 1. The first-order valence-corrected chi connectivity index (χ1v) is 7.84. The normalized spacial score (nSPS) is 10.2. The second kappa shape index (κ2) is 7.40. The summed E-state index contributed by atoms with van der Waals surface area (Å²) in [4.78, 5) is 16.5. The molecule has 0 radical (unpaired) electrons. The number of hydrogen-bond donors (Lipinski definition) is 1. The third-order valence-corrected chi connectivity index (χ3v) is 3.44. The van der Waals surface area contributed by atoms with Crippen molar-refractivity contribution >= 4 is 34.3 Å². The second-order valence-corrected chi connectivity index (χ2v) is 5.90. The van der Waals surface area contributed by atoms with Gasteiger partial charge in [-0.1, -0.05) is 13.0 Å². The topological polar surface area (TPSA) is 51.2 Å². The number of ether oxygens (including phenoxy) is 1. The average molecular weight is 396 g/mol. The molecule has 0 fully saturated rings. The lowest BCUT2D eigenvalue weighted by Crippen LogP contribution is -2.14. The molecule has 5 heteroatoms. The van der Waals surface area contributed by atoms with Gasteiger partial charge in [0.25, 0.3) is 5.91 Å². The van der Waals surface area contributed by atoms with Gasteiger partial charge in [0.05, 0.1) is 6.61 Å². The number of nitrogens with one attached hydrogen (secondary N) is 1. The van der Waals surface area contributed by atoms with Gasteiger partial charge in [-0.15, -0.1) is 0 Å². The predicted molar refractivity (Wildman–Crippen MR) is 91.9 cm³/mol. The number of hydrogen-bond acceptors (Lipinski definition) is 3. The number of nitrogens with zero attached hydrogens (tertiary/aromatic N) is 1. The van der Waals surface area contributed by atoms with Gasteiger partial charge in [0.2, 0.25) is 0 Å². The highest BCUT2D eigenvalue weighted by atomic mass is 127. The van der Waals surface area contributed by atoms with Gasteiger partial charge in [-0.2, -0.15) is 0 Å². The van der Waals surface area contributed by atoms with E-state index in [1.165, 1.54) is 0 Å². The summed E-state index contributed by atoms with van der Waals surface area (Å²) in [6, 6.07) is 9.14. The van der Waals surface area contributed by atoms with Crippen molar-refractivity contribution in [2.45, 2.75) is 20.3 Å². The fourth-order valence-electron chi connectivity index (χ4n) is 1.80. The fourth-order valence-corrected chi connectivity index (χ4v) is 2.40. The van der Waals surface area contributed by atoms with Crippen molar-refractivity contribution in [2.75, 3.05) is 11.9 Å². The number of pyridine rings is 1. The van der Waals surface area contributed by atoms with Crippen molar-refractivity contribution < 1.29 is 9.53 Å². The third-order valence-electron chi connectivity index (χ3n) is 2.85. The molecule has 0 atom stereocenters. The van der Waals surface area contributed by atoms with Crippen molar-refractivity contribution in [3.05, 3.63) is 51.2 Å². The van der Waals surface area contributed by atoms with Crippen LogP contribution in [-0.4, -0.2) is 17.5 Å². The van der Waals surface area contributed by atoms with E-state index in [1.807, 2.05) is 32.0 Å².